The van der Waals surface area contributed by atoms with Crippen molar-refractivity contribution in [3.63, 3.8) is 0 Å². The number of carbonyl (C=O) groups is 2. The molecule has 1 aliphatic heterocycles. The van der Waals surface area contributed by atoms with Crippen LogP contribution in [0.5, 0.6) is 0 Å². The first kappa shape index (κ1) is 16.5. The fraction of sp³-hybridized carbons (Fsp3) is 0.375. The molecular weight excluding hydrogens is 348 g/mol. The standard InChI is InChI=1S/C16H19BrN2O3/c1-8(2)22-15(20)13-10(4)18-16(21)19-14(13)11-6-5-9(3)12(17)7-11/h5-8,14H,1-4H3,(H2,18,19,21). The molecule has 5 nitrogen and oxygen atoms in total. The summed E-state index contributed by atoms with van der Waals surface area (Å²) in [5, 5.41) is 5.41. The van der Waals surface area contributed by atoms with E-state index in [1.54, 1.807) is 20.8 Å². The molecule has 0 aromatic heterocycles. The Bertz CT molecular complexity index is 653. The monoisotopic (exact) mass is 366 g/mol. The van der Waals surface area contributed by atoms with Gasteiger partial charge >= 0.3 is 12.0 Å². The summed E-state index contributed by atoms with van der Waals surface area (Å²) in [6.07, 6.45) is -0.226. The molecule has 2 amide bonds. The Morgan fingerprint density at radius 1 is 1.32 bits per heavy atom. The van der Waals surface area contributed by atoms with Gasteiger partial charge in [0.25, 0.3) is 0 Å². The summed E-state index contributed by atoms with van der Waals surface area (Å²) in [6.45, 7) is 7.26. The van der Waals surface area contributed by atoms with E-state index < -0.39 is 12.0 Å². The highest BCUT2D eigenvalue weighted by Gasteiger charge is 2.32. The zero-order chi connectivity index (χ0) is 16.4. The Morgan fingerprint density at radius 3 is 2.59 bits per heavy atom. The van der Waals surface area contributed by atoms with Crippen LogP contribution in [0.4, 0.5) is 4.79 Å². The van der Waals surface area contributed by atoms with E-state index >= 15 is 0 Å². The zero-order valence-electron chi connectivity index (χ0n) is 13.0. The van der Waals surface area contributed by atoms with Crippen molar-refractivity contribution in [1.82, 2.24) is 10.6 Å². The maximum absolute atomic E-state index is 12.4. The lowest BCUT2D eigenvalue weighted by Crippen LogP contribution is -2.45. The fourth-order valence-corrected chi connectivity index (χ4v) is 2.68. The van der Waals surface area contributed by atoms with Crippen LogP contribution >= 0.6 is 15.9 Å². The van der Waals surface area contributed by atoms with Gasteiger partial charge in [0.1, 0.15) is 0 Å². The van der Waals surface area contributed by atoms with E-state index in [0.29, 0.717) is 11.3 Å². The molecule has 2 N–H and O–H groups in total. The minimum absolute atomic E-state index is 0.226. The summed E-state index contributed by atoms with van der Waals surface area (Å²) < 4.78 is 6.22. The van der Waals surface area contributed by atoms with E-state index in [4.69, 9.17) is 4.74 Å². The molecule has 0 fully saturated rings. The third-order valence-electron chi connectivity index (χ3n) is 3.36. The van der Waals surface area contributed by atoms with Gasteiger partial charge < -0.3 is 15.4 Å². The quantitative estimate of drug-likeness (QED) is 0.806. The molecule has 22 heavy (non-hydrogen) atoms. The van der Waals surface area contributed by atoms with E-state index in [2.05, 4.69) is 26.6 Å². The van der Waals surface area contributed by atoms with Crippen molar-refractivity contribution in [3.8, 4) is 0 Å². The fourth-order valence-electron chi connectivity index (χ4n) is 2.28. The Hall–Kier alpha value is -1.82. The average Bonchev–Trinajstić information content (AvgIpc) is 2.39. The first-order chi connectivity index (χ1) is 10.3. The predicted octanol–water partition coefficient (Wildman–Crippen LogP) is 3.34. The number of aryl methyl sites for hydroxylation is 1. The SMILES string of the molecule is CC1=C(C(=O)OC(C)C)C(c2ccc(C)c(Br)c2)NC(=O)N1. The van der Waals surface area contributed by atoms with Crippen molar-refractivity contribution in [2.75, 3.05) is 0 Å². The van der Waals surface area contributed by atoms with Gasteiger partial charge in [0, 0.05) is 10.2 Å². The molecule has 0 aliphatic carbocycles. The van der Waals surface area contributed by atoms with Crippen LogP contribution in [0.15, 0.2) is 33.9 Å². The van der Waals surface area contributed by atoms with Crippen LogP contribution in [0.3, 0.4) is 0 Å². The van der Waals surface area contributed by atoms with Crippen molar-refractivity contribution >= 4 is 27.9 Å². The van der Waals surface area contributed by atoms with E-state index in [1.807, 2.05) is 25.1 Å². The lowest BCUT2D eigenvalue weighted by Gasteiger charge is -2.28. The highest BCUT2D eigenvalue weighted by molar-refractivity contribution is 9.10. The molecule has 6 heteroatoms. The number of amides is 2. The summed E-state index contributed by atoms with van der Waals surface area (Å²) in [6, 6.07) is 4.87. The normalized spacial score (nSPS) is 18.1. The van der Waals surface area contributed by atoms with Gasteiger partial charge in [0.15, 0.2) is 0 Å². The lowest BCUT2D eigenvalue weighted by atomic mass is 9.95. The van der Waals surface area contributed by atoms with Crippen LogP contribution in [-0.4, -0.2) is 18.1 Å². The van der Waals surface area contributed by atoms with Crippen molar-refractivity contribution < 1.29 is 14.3 Å². The Kier molecular flexibility index (Phi) is 4.90. The second-order valence-electron chi connectivity index (χ2n) is 5.53. The predicted molar refractivity (Wildman–Crippen MR) is 87.2 cm³/mol. The van der Waals surface area contributed by atoms with Crippen LogP contribution in [0, 0.1) is 6.92 Å². The Morgan fingerprint density at radius 2 is 2.00 bits per heavy atom. The summed E-state index contributed by atoms with van der Waals surface area (Å²) in [7, 11) is 0. The van der Waals surface area contributed by atoms with Gasteiger partial charge in [-0.15, -0.1) is 0 Å². The highest BCUT2D eigenvalue weighted by Crippen LogP contribution is 2.30. The van der Waals surface area contributed by atoms with E-state index in [1.165, 1.54) is 0 Å². The molecule has 1 heterocycles. The smallest absolute Gasteiger partial charge is 0.338 e. The largest absolute Gasteiger partial charge is 0.459 e. The van der Waals surface area contributed by atoms with Gasteiger partial charge in [-0.3, -0.25) is 0 Å². The number of nitrogens with one attached hydrogen (secondary N) is 2. The van der Waals surface area contributed by atoms with Crippen molar-refractivity contribution in [2.24, 2.45) is 0 Å². The van der Waals surface area contributed by atoms with Crippen molar-refractivity contribution in [1.29, 1.82) is 0 Å². The topological polar surface area (TPSA) is 67.4 Å². The molecule has 0 saturated carbocycles. The minimum atomic E-state index is -0.531. The van der Waals surface area contributed by atoms with Crippen LogP contribution in [0.25, 0.3) is 0 Å². The number of ether oxygens (including phenoxy) is 1. The number of halogens is 1. The molecule has 1 aromatic rings. The number of esters is 1. The number of allylic oxidation sites excluding steroid dienone is 1. The maximum atomic E-state index is 12.4. The molecule has 0 spiro atoms. The van der Waals surface area contributed by atoms with E-state index in [-0.39, 0.29) is 12.1 Å². The molecule has 0 radical (unpaired) electrons. The lowest BCUT2D eigenvalue weighted by molar-refractivity contribution is -0.143. The number of carbonyl (C=O) groups excluding carboxylic acids is 2. The second kappa shape index (κ2) is 6.52. The molecule has 0 bridgehead atoms. The number of benzene rings is 1. The third kappa shape index (κ3) is 3.50. The minimum Gasteiger partial charge on any atom is -0.459 e. The van der Waals surface area contributed by atoms with E-state index in [9.17, 15) is 9.59 Å². The van der Waals surface area contributed by atoms with Gasteiger partial charge in [-0.1, -0.05) is 28.1 Å². The molecule has 1 unspecified atom stereocenters. The van der Waals surface area contributed by atoms with Gasteiger partial charge in [-0.05, 0) is 44.9 Å². The number of hydrogen-bond donors (Lipinski definition) is 2. The Labute approximate surface area is 138 Å². The van der Waals surface area contributed by atoms with E-state index in [0.717, 1.165) is 15.6 Å². The maximum Gasteiger partial charge on any atom is 0.338 e. The van der Waals surface area contributed by atoms with Crippen LogP contribution in [-0.2, 0) is 9.53 Å². The summed E-state index contributed by atoms with van der Waals surface area (Å²) >= 11 is 3.48. The van der Waals surface area contributed by atoms with Gasteiger partial charge in [-0.2, -0.15) is 0 Å². The Balaban J connectivity index is 2.45. The van der Waals surface area contributed by atoms with Crippen molar-refractivity contribution in [3.05, 3.63) is 45.1 Å². The third-order valence-corrected chi connectivity index (χ3v) is 4.22. The van der Waals surface area contributed by atoms with Crippen molar-refractivity contribution in [2.45, 2.75) is 39.8 Å². The van der Waals surface area contributed by atoms with Gasteiger partial charge in [0.2, 0.25) is 0 Å². The summed E-state index contributed by atoms with van der Waals surface area (Å²) in [5.41, 5.74) is 2.83. The molecule has 1 atom stereocenters. The molecule has 2 rings (SSSR count). The first-order valence-electron chi connectivity index (χ1n) is 7.05. The number of urea groups is 1. The van der Waals surface area contributed by atoms with Crippen LogP contribution in [0.2, 0.25) is 0 Å². The number of rotatable bonds is 3. The molecule has 118 valence electrons. The highest BCUT2D eigenvalue weighted by atomic mass is 79.9. The molecule has 1 aromatic carbocycles. The average molecular weight is 367 g/mol. The summed E-state index contributed by atoms with van der Waals surface area (Å²) in [4.78, 5) is 24.2. The molecular formula is C16H19BrN2O3. The first-order valence-corrected chi connectivity index (χ1v) is 7.84. The van der Waals surface area contributed by atoms with Crippen LogP contribution in [0.1, 0.15) is 37.9 Å². The van der Waals surface area contributed by atoms with Gasteiger partial charge in [0.05, 0.1) is 17.7 Å². The molecule has 1 aliphatic rings. The van der Waals surface area contributed by atoms with Crippen LogP contribution < -0.4 is 10.6 Å². The summed E-state index contributed by atoms with van der Waals surface area (Å²) in [5.74, 6) is -0.429. The van der Waals surface area contributed by atoms with Gasteiger partial charge in [-0.25, -0.2) is 9.59 Å². The number of hydrogen-bond acceptors (Lipinski definition) is 3. The second-order valence-corrected chi connectivity index (χ2v) is 6.39. The molecule has 0 saturated heterocycles. The zero-order valence-corrected chi connectivity index (χ0v) is 14.6.